The van der Waals surface area contributed by atoms with E-state index < -0.39 is 14.9 Å². The molecular formula is C11H17N3O4S3. The van der Waals surface area contributed by atoms with Crippen LogP contribution in [0.15, 0.2) is 10.3 Å². The van der Waals surface area contributed by atoms with Crippen molar-refractivity contribution >= 4 is 43.8 Å². The summed E-state index contributed by atoms with van der Waals surface area (Å²) in [5.74, 6) is 0.733. The lowest BCUT2D eigenvalue weighted by atomic mass is 10.2. The molecule has 2 rings (SSSR count). The van der Waals surface area contributed by atoms with Crippen LogP contribution in [0.2, 0.25) is 0 Å². The SMILES string of the molecule is CNc1sc(S(=O)(=O)N2CCSC(C)C2C)cc1[N+](=O)[O-]. The van der Waals surface area contributed by atoms with E-state index in [-0.39, 0.29) is 26.2 Å². The molecule has 2 unspecified atom stereocenters. The highest BCUT2D eigenvalue weighted by molar-refractivity contribution is 8.00. The van der Waals surface area contributed by atoms with E-state index in [0.29, 0.717) is 6.54 Å². The smallest absolute Gasteiger partial charge is 0.304 e. The van der Waals surface area contributed by atoms with Crippen molar-refractivity contribution in [1.82, 2.24) is 4.31 Å². The van der Waals surface area contributed by atoms with Gasteiger partial charge in [-0.1, -0.05) is 18.3 Å². The highest BCUT2D eigenvalue weighted by atomic mass is 32.2. The molecular weight excluding hydrogens is 334 g/mol. The fourth-order valence-electron chi connectivity index (χ4n) is 2.16. The minimum absolute atomic E-state index is 0.0181. The molecule has 1 aliphatic rings. The Hall–Kier alpha value is -0.840. The Balaban J connectivity index is 2.42. The fourth-order valence-corrected chi connectivity index (χ4v) is 6.57. The molecule has 2 atom stereocenters. The second-order valence-corrected chi connectivity index (χ2v) is 9.37. The maximum Gasteiger partial charge on any atom is 0.304 e. The molecule has 0 bridgehead atoms. The van der Waals surface area contributed by atoms with Crippen LogP contribution in [0, 0.1) is 10.1 Å². The lowest BCUT2D eigenvalue weighted by molar-refractivity contribution is -0.383. The van der Waals surface area contributed by atoms with E-state index in [1.807, 2.05) is 13.8 Å². The second kappa shape index (κ2) is 6.11. The number of thiophene rings is 1. The third-order valence-corrected chi connectivity index (χ3v) is 8.42. The molecule has 1 N–H and O–H groups in total. The van der Waals surface area contributed by atoms with E-state index in [9.17, 15) is 18.5 Å². The van der Waals surface area contributed by atoms with Crippen LogP contribution in [-0.4, -0.2) is 48.3 Å². The molecule has 118 valence electrons. The lowest BCUT2D eigenvalue weighted by Gasteiger charge is -2.35. The summed E-state index contributed by atoms with van der Waals surface area (Å²) in [5, 5.41) is 14.1. The zero-order valence-electron chi connectivity index (χ0n) is 11.9. The number of hydrogen-bond acceptors (Lipinski definition) is 7. The number of sulfonamides is 1. The first-order chi connectivity index (χ1) is 9.78. The maximum absolute atomic E-state index is 12.7. The van der Waals surface area contributed by atoms with Gasteiger partial charge in [-0.25, -0.2) is 8.42 Å². The van der Waals surface area contributed by atoms with Gasteiger partial charge in [0.25, 0.3) is 10.0 Å². The molecule has 1 aromatic rings. The molecule has 1 fully saturated rings. The number of nitrogens with zero attached hydrogens (tertiary/aromatic N) is 2. The predicted octanol–water partition coefficient (Wildman–Crippen LogP) is 2.21. The monoisotopic (exact) mass is 351 g/mol. The van der Waals surface area contributed by atoms with Gasteiger partial charge in [-0.2, -0.15) is 16.1 Å². The van der Waals surface area contributed by atoms with Gasteiger partial charge in [-0.3, -0.25) is 10.1 Å². The quantitative estimate of drug-likeness (QED) is 0.660. The summed E-state index contributed by atoms with van der Waals surface area (Å²) in [6, 6.07) is 1.01. The molecule has 0 aliphatic carbocycles. The van der Waals surface area contributed by atoms with Crippen LogP contribution in [0.5, 0.6) is 0 Å². The third kappa shape index (κ3) is 3.03. The average molecular weight is 351 g/mol. The van der Waals surface area contributed by atoms with Crippen LogP contribution in [0.25, 0.3) is 0 Å². The normalized spacial score (nSPS) is 24.0. The van der Waals surface area contributed by atoms with Gasteiger partial charge in [0.2, 0.25) is 0 Å². The average Bonchev–Trinajstić information content (AvgIpc) is 2.86. The fraction of sp³-hybridized carbons (Fsp3) is 0.636. The zero-order chi connectivity index (χ0) is 15.8. The summed E-state index contributed by atoms with van der Waals surface area (Å²) in [4.78, 5) is 10.4. The minimum atomic E-state index is -3.70. The van der Waals surface area contributed by atoms with Gasteiger partial charge in [-0.15, -0.1) is 0 Å². The van der Waals surface area contributed by atoms with E-state index in [4.69, 9.17) is 0 Å². The Morgan fingerprint density at radius 2 is 2.14 bits per heavy atom. The molecule has 21 heavy (non-hydrogen) atoms. The summed E-state index contributed by atoms with van der Waals surface area (Å²) >= 11 is 2.64. The molecule has 0 spiro atoms. The van der Waals surface area contributed by atoms with E-state index in [1.165, 1.54) is 11.4 Å². The molecule has 7 nitrogen and oxygen atoms in total. The van der Waals surface area contributed by atoms with Crippen LogP contribution >= 0.6 is 23.1 Å². The van der Waals surface area contributed by atoms with Gasteiger partial charge in [0.1, 0.15) is 4.21 Å². The molecule has 2 heterocycles. The molecule has 0 amide bonds. The molecule has 0 radical (unpaired) electrons. The number of anilines is 1. The van der Waals surface area contributed by atoms with Crippen molar-refractivity contribution in [3.8, 4) is 0 Å². The highest BCUT2D eigenvalue weighted by Gasteiger charge is 2.37. The topological polar surface area (TPSA) is 92.6 Å². The third-order valence-electron chi connectivity index (χ3n) is 3.50. The molecule has 0 saturated carbocycles. The number of nitrogens with one attached hydrogen (secondary N) is 1. The van der Waals surface area contributed by atoms with Crippen LogP contribution in [-0.2, 0) is 10.0 Å². The van der Waals surface area contributed by atoms with Crippen molar-refractivity contribution in [3.05, 3.63) is 16.2 Å². The predicted molar refractivity (Wildman–Crippen MR) is 85.8 cm³/mol. The summed E-state index contributed by atoms with van der Waals surface area (Å²) in [6.45, 7) is 4.29. The van der Waals surface area contributed by atoms with Crippen LogP contribution in [0.1, 0.15) is 13.8 Å². The lowest BCUT2D eigenvalue weighted by Crippen LogP contribution is -2.47. The molecule has 1 aliphatic heterocycles. The van der Waals surface area contributed by atoms with E-state index in [0.717, 1.165) is 23.2 Å². The summed E-state index contributed by atoms with van der Waals surface area (Å²) in [5.41, 5.74) is -0.201. The van der Waals surface area contributed by atoms with Crippen LogP contribution < -0.4 is 5.32 Å². The molecule has 1 saturated heterocycles. The van der Waals surface area contributed by atoms with E-state index in [1.54, 1.807) is 11.8 Å². The Bertz CT molecular complexity index is 643. The Labute approximate surface area is 131 Å². The maximum atomic E-state index is 12.7. The highest BCUT2D eigenvalue weighted by Crippen LogP contribution is 2.39. The molecule has 10 heteroatoms. The minimum Gasteiger partial charge on any atom is -0.374 e. The van der Waals surface area contributed by atoms with Crippen molar-refractivity contribution in [2.75, 3.05) is 24.7 Å². The Morgan fingerprint density at radius 1 is 1.48 bits per heavy atom. The molecule has 0 aromatic carbocycles. The van der Waals surface area contributed by atoms with Crippen LogP contribution in [0.3, 0.4) is 0 Å². The summed E-state index contributed by atoms with van der Waals surface area (Å²) in [6.07, 6.45) is 0. The van der Waals surface area contributed by atoms with Gasteiger partial charge < -0.3 is 5.32 Å². The number of rotatable bonds is 4. The summed E-state index contributed by atoms with van der Waals surface area (Å²) in [7, 11) is -2.16. The number of nitro groups is 1. The number of hydrogen-bond donors (Lipinski definition) is 1. The van der Waals surface area contributed by atoms with Gasteiger partial charge >= 0.3 is 5.69 Å². The van der Waals surface area contributed by atoms with Gasteiger partial charge in [0.05, 0.1) is 4.92 Å². The van der Waals surface area contributed by atoms with Gasteiger partial charge in [0.15, 0.2) is 5.00 Å². The van der Waals surface area contributed by atoms with Crippen LogP contribution in [0.4, 0.5) is 10.7 Å². The van der Waals surface area contributed by atoms with Crippen molar-refractivity contribution in [3.63, 3.8) is 0 Å². The van der Waals surface area contributed by atoms with Crippen molar-refractivity contribution < 1.29 is 13.3 Å². The summed E-state index contributed by atoms with van der Waals surface area (Å²) < 4.78 is 26.9. The van der Waals surface area contributed by atoms with Gasteiger partial charge in [0, 0.05) is 36.7 Å². The van der Waals surface area contributed by atoms with Crippen molar-refractivity contribution in [2.24, 2.45) is 0 Å². The second-order valence-electron chi connectivity index (χ2n) is 4.72. The van der Waals surface area contributed by atoms with Crippen molar-refractivity contribution in [2.45, 2.75) is 29.3 Å². The van der Waals surface area contributed by atoms with E-state index in [2.05, 4.69) is 5.32 Å². The first-order valence-corrected chi connectivity index (χ1v) is 9.69. The molecule has 1 aromatic heterocycles. The Kier molecular flexibility index (Phi) is 4.81. The van der Waals surface area contributed by atoms with Gasteiger partial charge in [-0.05, 0) is 6.92 Å². The number of thioether (sulfide) groups is 1. The standard InChI is InChI=1S/C11H17N3O4S3/c1-7-8(2)19-5-4-13(7)21(17,18)10-6-9(14(15)16)11(12-3)20-10/h6-8,12H,4-5H2,1-3H3. The first-order valence-electron chi connectivity index (χ1n) is 6.38. The first kappa shape index (κ1) is 16.5. The largest absolute Gasteiger partial charge is 0.374 e. The van der Waals surface area contributed by atoms with Crippen molar-refractivity contribution in [1.29, 1.82) is 0 Å². The zero-order valence-corrected chi connectivity index (χ0v) is 14.3. The van der Waals surface area contributed by atoms with E-state index >= 15 is 0 Å². The Morgan fingerprint density at radius 3 is 2.67 bits per heavy atom.